The normalized spacial score (nSPS) is 14.1. The molecule has 3 aromatic rings. The van der Waals surface area contributed by atoms with Crippen LogP contribution in [0.4, 0.5) is 11.4 Å². The predicted molar refractivity (Wildman–Crippen MR) is 144 cm³/mol. The molecule has 0 fully saturated rings. The Kier molecular flexibility index (Phi) is 7.34. The van der Waals surface area contributed by atoms with Gasteiger partial charge < -0.3 is 20.5 Å². The number of nitrogens with two attached hydrogens (primary N) is 1. The molecule has 2 atom stereocenters. The van der Waals surface area contributed by atoms with Crippen LogP contribution in [0.3, 0.4) is 0 Å². The van der Waals surface area contributed by atoms with Crippen molar-refractivity contribution in [2.24, 2.45) is 0 Å². The lowest BCUT2D eigenvalue weighted by molar-refractivity contribution is 0.0977. The highest BCUT2D eigenvalue weighted by atomic mass is 16.5. The smallest absolute Gasteiger partial charge is 0.198 e. The minimum absolute atomic E-state index is 0.0142. The van der Waals surface area contributed by atoms with E-state index in [0.717, 1.165) is 31.4 Å². The minimum atomic E-state index is -0.427. The summed E-state index contributed by atoms with van der Waals surface area (Å²) in [6, 6.07) is 16.3. The first-order valence-electron chi connectivity index (χ1n) is 12.7. The summed E-state index contributed by atoms with van der Waals surface area (Å²) in [7, 11) is 0. The van der Waals surface area contributed by atoms with Crippen molar-refractivity contribution in [1.82, 2.24) is 0 Å². The highest BCUT2D eigenvalue weighted by Gasteiger charge is 2.35. The molecule has 3 aromatic carbocycles. The molecule has 0 aromatic heterocycles. The molecule has 0 saturated carbocycles. The van der Waals surface area contributed by atoms with Gasteiger partial charge in [0.25, 0.3) is 0 Å². The van der Waals surface area contributed by atoms with Crippen LogP contribution >= 0.6 is 0 Å². The van der Waals surface area contributed by atoms with Crippen molar-refractivity contribution in [1.29, 1.82) is 0 Å². The van der Waals surface area contributed by atoms with Crippen LogP contribution in [0.1, 0.15) is 85.2 Å². The minimum Gasteiger partial charge on any atom is -0.507 e. The number of phenolic OH excluding ortho intramolecular Hbond substituents is 1. The van der Waals surface area contributed by atoms with Gasteiger partial charge in [-0.15, -0.1) is 0 Å². The molecule has 3 N–H and O–H groups in total. The molecule has 0 amide bonds. The summed E-state index contributed by atoms with van der Waals surface area (Å²) in [5.74, 6) is -0.485. The molecule has 0 radical (unpaired) electrons. The van der Waals surface area contributed by atoms with Crippen LogP contribution < -0.4 is 15.4 Å². The number of phenols is 1. The van der Waals surface area contributed by atoms with Crippen molar-refractivity contribution in [3.05, 3.63) is 76.9 Å². The standard InChI is InChI=1S/C30H34N2O4/c1-5-10-18(3)32(19(4)11-6-2)20-12-9-13-21(16-20)36-25-17-24(33)26-27(28(25)31)30(35)23-15-8-7-14-22(23)29(26)34/h7-9,12-19,33H,5-6,10-11,31H2,1-4H3. The fourth-order valence-corrected chi connectivity index (χ4v) is 5.25. The van der Waals surface area contributed by atoms with E-state index in [-0.39, 0.29) is 39.4 Å². The topological polar surface area (TPSA) is 92.9 Å². The largest absolute Gasteiger partial charge is 0.507 e. The molecule has 0 heterocycles. The molecular formula is C30H34N2O4. The Morgan fingerprint density at radius 2 is 1.44 bits per heavy atom. The van der Waals surface area contributed by atoms with E-state index >= 15 is 0 Å². The monoisotopic (exact) mass is 486 g/mol. The van der Waals surface area contributed by atoms with E-state index in [2.05, 4.69) is 38.7 Å². The van der Waals surface area contributed by atoms with Crippen LogP contribution in [0.2, 0.25) is 0 Å². The fraction of sp³-hybridized carbons (Fsp3) is 0.333. The molecule has 6 nitrogen and oxygen atoms in total. The Morgan fingerprint density at radius 1 is 0.861 bits per heavy atom. The Hall–Kier alpha value is -3.80. The van der Waals surface area contributed by atoms with Gasteiger partial charge in [0, 0.05) is 41.0 Å². The molecule has 0 bridgehead atoms. The summed E-state index contributed by atoms with van der Waals surface area (Å²) < 4.78 is 6.12. The Bertz CT molecular complexity index is 1290. The molecule has 0 aliphatic heterocycles. The van der Waals surface area contributed by atoms with Crippen LogP contribution in [0.5, 0.6) is 17.2 Å². The first-order valence-corrected chi connectivity index (χ1v) is 12.7. The van der Waals surface area contributed by atoms with E-state index < -0.39 is 11.6 Å². The summed E-state index contributed by atoms with van der Waals surface area (Å²) in [6.07, 6.45) is 4.33. The average Bonchev–Trinajstić information content (AvgIpc) is 2.85. The number of ketones is 2. The van der Waals surface area contributed by atoms with Crippen LogP contribution in [0.15, 0.2) is 54.6 Å². The Balaban J connectivity index is 1.72. The van der Waals surface area contributed by atoms with Gasteiger partial charge in [-0.05, 0) is 38.8 Å². The number of carbonyl (C=O) groups is 2. The molecule has 36 heavy (non-hydrogen) atoms. The van der Waals surface area contributed by atoms with E-state index in [9.17, 15) is 14.7 Å². The number of nitrogens with zero attached hydrogens (tertiary/aromatic N) is 1. The maximum Gasteiger partial charge on any atom is 0.198 e. The van der Waals surface area contributed by atoms with Crippen LogP contribution in [-0.4, -0.2) is 28.8 Å². The fourth-order valence-electron chi connectivity index (χ4n) is 5.25. The Labute approximate surface area is 212 Å². The number of carbonyl (C=O) groups excluding carboxylic acids is 2. The number of ether oxygens (including phenoxy) is 1. The zero-order valence-electron chi connectivity index (χ0n) is 21.4. The second kappa shape index (κ2) is 10.4. The van der Waals surface area contributed by atoms with Crippen LogP contribution in [0, 0.1) is 0 Å². The molecule has 1 aliphatic carbocycles. The lowest BCUT2D eigenvalue weighted by atomic mass is 9.82. The highest BCUT2D eigenvalue weighted by molar-refractivity contribution is 6.31. The van der Waals surface area contributed by atoms with Crippen molar-refractivity contribution < 1.29 is 19.4 Å². The number of fused-ring (bicyclic) bond motifs is 2. The van der Waals surface area contributed by atoms with Crippen molar-refractivity contribution >= 4 is 22.9 Å². The summed E-state index contributed by atoms with van der Waals surface area (Å²) in [5.41, 5.74) is 7.89. The SMILES string of the molecule is CCCC(C)N(c1cccc(Oc2cc(O)c3c(c2N)C(=O)c2ccccc2C3=O)c1)C(C)CCC. The molecule has 2 unspecified atom stereocenters. The van der Waals surface area contributed by atoms with E-state index in [1.165, 1.54) is 6.07 Å². The number of hydrogen-bond donors (Lipinski definition) is 2. The van der Waals surface area contributed by atoms with Crippen LogP contribution in [-0.2, 0) is 0 Å². The number of anilines is 2. The number of rotatable bonds is 9. The lowest BCUT2D eigenvalue weighted by Crippen LogP contribution is -2.40. The number of nitrogen functional groups attached to an aromatic ring is 1. The molecule has 4 rings (SSSR count). The molecule has 6 heteroatoms. The maximum absolute atomic E-state index is 13.2. The third-order valence-corrected chi connectivity index (χ3v) is 6.89. The average molecular weight is 487 g/mol. The van der Waals surface area contributed by atoms with E-state index in [1.54, 1.807) is 24.3 Å². The zero-order chi connectivity index (χ0) is 26.0. The summed E-state index contributed by atoms with van der Waals surface area (Å²) in [5, 5.41) is 10.7. The predicted octanol–water partition coefficient (Wildman–Crippen LogP) is 6.73. The quantitative estimate of drug-likeness (QED) is 0.201. The van der Waals surface area contributed by atoms with Gasteiger partial charge in [-0.1, -0.05) is 57.0 Å². The van der Waals surface area contributed by atoms with Crippen LogP contribution in [0.25, 0.3) is 0 Å². The van der Waals surface area contributed by atoms with Gasteiger partial charge >= 0.3 is 0 Å². The van der Waals surface area contributed by atoms with E-state index in [4.69, 9.17) is 10.5 Å². The van der Waals surface area contributed by atoms with Gasteiger partial charge in [0.15, 0.2) is 17.3 Å². The summed E-state index contributed by atoms with van der Waals surface area (Å²) in [6.45, 7) is 8.86. The van der Waals surface area contributed by atoms with Gasteiger partial charge in [0.05, 0.1) is 16.8 Å². The molecule has 0 saturated heterocycles. The first-order chi connectivity index (χ1) is 17.3. The van der Waals surface area contributed by atoms with Gasteiger partial charge in [0.1, 0.15) is 11.5 Å². The molecule has 1 aliphatic rings. The second-order valence-corrected chi connectivity index (χ2v) is 9.54. The number of hydrogen-bond acceptors (Lipinski definition) is 6. The maximum atomic E-state index is 13.2. The summed E-state index contributed by atoms with van der Waals surface area (Å²) >= 11 is 0. The van der Waals surface area contributed by atoms with E-state index in [0.29, 0.717) is 17.8 Å². The van der Waals surface area contributed by atoms with Crippen molar-refractivity contribution in [2.45, 2.75) is 65.5 Å². The molecule has 188 valence electrons. The Morgan fingerprint density at radius 3 is 2.03 bits per heavy atom. The second-order valence-electron chi connectivity index (χ2n) is 9.54. The van der Waals surface area contributed by atoms with Crippen molar-refractivity contribution in [2.75, 3.05) is 10.6 Å². The van der Waals surface area contributed by atoms with Crippen molar-refractivity contribution in [3.8, 4) is 17.2 Å². The highest BCUT2D eigenvalue weighted by Crippen LogP contribution is 2.43. The third-order valence-electron chi connectivity index (χ3n) is 6.89. The molecular weight excluding hydrogens is 452 g/mol. The van der Waals surface area contributed by atoms with Gasteiger partial charge in [0.2, 0.25) is 0 Å². The zero-order valence-corrected chi connectivity index (χ0v) is 21.4. The molecule has 0 spiro atoms. The lowest BCUT2D eigenvalue weighted by Gasteiger charge is -2.37. The van der Waals surface area contributed by atoms with Gasteiger partial charge in [-0.25, -0.2) is 0 Å². The van der Waals surface area contributed by atoms with Gasteiger partial charge in [-0.2, -0.15) is 0 Å². The van der Waals surface area contributed by atoms with Crippen molar-refractivity contribution in [3.63, 3.8) is 0 Å². The van der Waals surface area contributed by atoms with Gasteiger partial charge in [-0.3, -0.25) is 9.59 Å². The van der Waals surface area contributed by atoms with E-state index in [1.807, 2.05) is 18.2 Å². The summed E-state index contributed by atoms with van der Waals surface area (Å²) in [4.78, 5) is 28.7. The first kappa shape index (κ1) is 25.3. The number of aromatic hydroxyl groups is 1. The third kappa shape index (κ3) is 4.55. The number of benzene rings is 3.